The molecule has 1 aromatic heterocycles. The van der Waals surface area contributed by atoms with E-state index in [2.05, 4.69) is 15.6 Å². The van der Waals surface area contributed by atoms with Crippen LogP contribution in [0.3, 0.4) is 0 Å². The molecule has 0 atom stereocenters. The zero-order chi connectivity index (χ0) is 26.9. The molecule has 2 amide bonds. The van der Waals surface area contributed by atoms with Gasteiger partial charge in [-0.15, -0.1) is 11.3 Å². The summed E-state index contributed by atoms with van der Waals surface area (Å²) >= 11 is 1.21. The predicted octanol–water partition coefficient (Wildman–Crippen LogP) is 5.26. The van der Waals surface area contributed by atoms with Gasteiger partial charge in [-0.05, 0) is 40.8 Å². The van der Waals surface area contributed by atoms with Gasteiger partial charge in [0.15, 0.2) is 5.13 Å². The molecule has 0 spiro atoms. The van der Waals surface area contributed by atoms with E-state index in [1.807, 2.05) is 97.9 Å². The number of anilines is 2. The summed E-state index contributed by atoms with van der Waals surface area (Å²) in [5.74, 6) is 0.201. The fourth-order valence-electron chi connectivity index (χ4n) is 3.93. The summed E-state index contributed by atoms with van der Waals surface area (Å²) < 4.78 is 5.41. The molecule has 0 aliphatic heterocycles. The molecule has 0 bridgehead atoms. The molecule has 3 aromatic carbocycles. The minimum absolute atomic E-state index is 0.268. The van der Waals surface area contributed by atoms with Crippen LogP contribution in [0.2, 0.25) is 0 Å². The summed E-state index contributed by atoms with van der Waals surface area (Å²) in [6, 6.07) is 25.4. The maximum absolute atomic E-state index is 12.9. The third kappa shape index (κ3) is 6.86. The Balaban J connectivity index is 1.37. The van der Waals surface area contributed by atoms with E-state index >= 15 is 0 Å². The van der Waals surface area contributed by atoms with Crippen LogP contribution < -0.4 is 20.3 Å². The number of nitrogens with one attached hydrogen (secondary N) is 2. The summed E-state index contributed by atoms with van der Waals surface area (Å²) in [5, 5.41) is 7.70. The van der Waals surface area contributed by atoms with Gasteiger partial charge in [0.2, 0.25) is 0 Å². The van der Waals surface area contributed by atoms with Crippen LogP contribution in [0.25, 0.3) is 5.57 Å². The van der Waals surface area contributed by atoms with Crippen molar-refractivity contribution in [2.24, 2.45) is 0 Å². The smallest absolute Gasteiger partial charge is 0.270 e. The number of hydrogen-bond acceptors (Lipinski definition) is 6. The van der Waals surface area contributed by atoms with Crippen molar-refractivity contribution in [3.63, 3.8) is 0 Å². The van der Waals surface area contributed by atoms with Crippen molar-refractivity contribution < 1.29 is 14.3 Å². The van der Waals surface area contributed by atoms with Crippen LogP contribution in [0.1, 0.15) is 27.2 Å². The highest BCUT2D eigenvalue weighted by Gasteiger charge is 2.14. The van der Waals surface area contributed by atoms with Gasteiger partial charge < -0.3 is 15.0 Å². The molecule has 1 heterocycles. The van der Waals surface area contributed by atoms with E-state index in [0.717, 1.165) is 33.7 Å². The Labute approximate surface area is 226 Å². The molecule has 0 saturated carbocycles. The van der Waals surface area contributed by atoms with Crippen LogP contribution in [-0.2, 0) is 11.2 Å². The highest BCUT2D eigenvalue weighted by Crippen LogP contribution is 2.28. The predicted molar refractivity (Wildman–Crippen MR) is 154 cm³/mol. The van der Waals surface area contributed by atoms with Gasteiger partial charge in [0, 0.05) is 32.1 Å². The first-order valence-corrected chi connectivity index (χ1v) is 13.0. The van der Waals surface area contributed by atoms with Crippen molar-refractivity contribution in [2.75, 3.05) is 38.0 Å². The highest BCUT2D eigenvalue weighted by atomic mass is 32.1. The fourth-order valence-corrected chi connectivity index (χ4v) is 4.62. The molecule has 2 N–H and O–H groups in total. The number of hydrogen-bond donors (Lipinski definition) is 2. The zero-order valence-electron chi connectivity index (χ0n) is 21.6. The first-order valence-electron chi connectivity index (χ1n) is 12.2. The molecule has 8 heteroatoms. The van der Waals surface area contributed by atoms with E-state index < -0.39 is 0 Å². The van der Waals surface area contributed by atoms with Crippen molar-refractivity contribution in [3.05, 3.63) is 113 Å². The van der Waals surface area contributed by atoms with Gasteiger partial charge in [-0.3, -0.25) is 14.9 Å². The Morgan fingerprint density at radius 3 is 2.24 bits per heavy atom. The van der Waals surface area contributed by atoms with E-state index in [1.165, 1.54) is 11.3 Å². The molecule has 0 radical (unpaired) electrons. The van der Waals surface area contributed by atoms with Gasteiger partial charge >= 0.3 is 0 Å². The molecule has 0 unspecified atom stereocenters. The monoisotopic (exact) mass is 526 g/mol. The summed E-state index contributed by atoms with van der Waals surface area (Å²) in [6.07, 6.45) is 2.22. The number of carbonyl (C=O) groups excluding carboxylic acids is 2. The quantitative estimate of drug-likeness (QED) is 0.276. The molecule has 0 saturated heterocycles. The summed E-state index contributed by atoms with van der Waals surface area (Å²) in [4.78, 5) is 31.8. The molecule has 38 heavy (non-hydrogen) atoms. The van der Waals surface area contributed by atoms with Crippen LogP contribution >= 0.6 is 11.3 Å². The molecule has 4 rings (SSSR count). The van der Waals surface area contributed by atoms with Crippen LogP contribution in [0.5, 0.6) is 5.75 Å². The van der Waals surface area contributed by atoms with E-state index in [1.54, 1.807) is 18.6 Å². The van der Waals surface area contributed by atoms with Gasteiger partial charge in [0.05, 0.1) is 12.8 Å². The Bertz CT molecular complexity index is 1370. The number of amides is 2. The number of carbonyl (C=O) groups is 2. The van der Waals surface area contributed by atoms with Crippen molar-refractivity contribution >= 4 is 39.5 Å². The number of rotatable bonds is 10. The van der Waals surface area contributed by atoms with Gasteiger partial charge in [0.1, 0.15) is 11.4 Å². The molecule has 0 fully saturated rings. The van der Waals surface area contributed by atoms with Gasteiger partial charge in [-0.25, -0.2) is 4.98 Å². The number of thiazole rings is 1. The van der Waals surface area contributed by atoms with E-state index in [4.69, 9.17) is 4.74 Å². The van der Waals surface area contributed by atoms with Crippen LogP contribution in [0.15, 0.2) is 90.3 Å². The Kier molecular flexibility index (Phi) is 8.89. The minimum atomic E-state index is -0.315. The molecular weight excluding hydrogens is 496 g/mol. The number of benzene rings is 3. The maximum atomic E-state index is 12.9. The molecule has 4 aromatic rings. The lowest BCUT2D eigenvalue weighted by molar-refractivity contribution is -0.111. The SMILES string of the molecule is COc1ccc(CCNC(=O)c2csc(NC(=O)C=C(c3ccccc3)c3ccccc3)n2)cc1N(C)C. The van der Waals surface area contributed by atoms with E-state index in [-0.39, 0.29) is 17.5 Å². The number of aromatic nitrogens is 1. The summed E-state index contributed by atoms with van der Waals surface area (Å²) in [7, 11) is 5.57. The lowest BCUT2D eigenvalue weighted by atomic mass is 9.97. The minimum Gasteiger partial charge on any atom is -0.495 e. The molecular formula is C30H30N4O3S. The maximum Gasteiger partial charge on any atom is 0.270 e. The first-order chi connectivity index (χ1) is 18.4. The van der Waals surface area contributed by atoms with Crippen molar-refractivity contribution in [1.82, 2.24) is 10.3 Å². The van der Waals surface area contributed by atoms with E-state index in [0.29, 0.717) is 18.1 Å². The average molecular weight is 527 g/mol. The van der Waals surface area contributed by atoms with Crippen LogP contribution in [-0.4, -0.2) is 44.5 Å². The second-order valence-electron chi connectivity index (χ2n) is 8.72. The topological polar surface area (TPSA) is 83.6 Å². The lowest BCUT2D eigenvalue weighted by Crippen LogP contribution is -2.26. The van der Waals surface area contributed by atoms with Gasteiger partial charge in [-0.2, -0.15) is 0 Å². The van der Waals surface area contributed by atoms with Gasteiger partial charge in [0.25, 0.3) is 11.8 Å². The Morgan fingerprint density at radius 1 is 0.974 bits per heavy atom. The lowest BCUT2D eigenvalue weighted by Gasteiger charge is -2.17. The third-order valence-electron chi connectivity index (χ3n) is 5.84. The second-order valence-corrected chi connectivity index (χ2v) is 9.58. The highest BCUT2D eigenvalue weighted by molar-refractivity contribution is 7.14. The van der Waals surface area contributed by atoms with Crippen LogP contribution in [0, 0.1) is 0 Å². The Morgan fingerprint density at radius 2 is 1.63 bits per heavy atom. The molecule has 7 nitrogen and oxygen atoms in total. The van der Waals surface area contributed by atoms with Gasteiger partial charge in [-0.1, -0.05) is 66.7 Å². The normalized spacial score (nSPS) is 10.4. The molecule has 0 aliphatic rings. The standard InChI is InChI=1S/C30H30N4O3S/c1-34(2)26-18-21(14-15-27(26)37-3)16-17-31-29(36)25-20-38-30(32-25)33-28(35)19-24(22-10-6-4-7-11-22)23-12-8-5-9-13-23/h4-15,18-20H,16-17H2,1-3H3,(H,31,36)(H,32,33,35). The third-order valence-corrected chi connectivity index (χ3v) is 6.59. The number of methoxy groups -OCH3 is 1. The van der Waals surface area contributed by atoms with Crippen LogP contribution in [0.4, 0.5) is 10.8 Å². The molecule has 0 aliphatic carbocycles. The van der Waals surface area contributed by atoms with Crippen molar-refractivity contribution in [2.45, 2.75) is 6.42 Å². The second kappa shape index (κ2) is 12.7. The number of ether oxygens (including phenoxy) is 1. The first kappa shape index (κ1) is 26.6. The van der Waals surface area contributed by atoms with E-state index in [9.17, 15) is 9.59 Å². The Hall–Kier alpha value is -4.43. The fraction of sp³-hybridized carbons (Fsp3) is 0.167. The molecule has 194 valence electrons. The van der Waals surface area contributed by atoms with Crippen molar-refractivity contribution in [1.29, 1.82) is 0 Å². The van der Waals surface area contributed by atoms with Crippen molar-refractivity contribution in [3.8, 4) is 5.75 Å². The number of nitrogens with zero attached hydrogens (tertiary/aromatic N) is 2. The average Bonchev–Trinajstić information content (AvgIpc) is 3.41. The summed E-state index contributed by atoms with van der Waals surface area (Å²) in [6.45, 7) is 0.456. The zero-order valence-corrected chi connectivity index (χ0v) is 22.4. The largest absolute Gasteiger partial charge is 0.495 e. The summed E-state index contributed by atoms with van der Waals surface area (Å²) in [5.41, 5.74) is 5.00.